The Kier molecular flexibility index (Phi) is 4.02. The molecule has 5 heteroatoms. The van der Waals surface area contributed by atoms with Crippen molar-refractivity contribution in [1.82, 2.24) is 5.32 Å². The fourth-order valence-electron chi connectivity index (χ4n) is 2.56. The van der Waals surface area contributed by atoms with E-state index in [4.69, 9.17) is 17.3 Å². The first-order valence-electron chi connectivity index (χ1n) is 6.68. The van der Waals surface area contributed by atoms with Crippen LogP contribution in [0.1, 0.15) is 33.1 Å². The highest BCUT2D eigenvalue weighted by Crippen LogP contribution is 2.30. The summed E-state index contributed by atoms with van der Waals surface area (Å²) in [6.45, 7) is 0.689. The van der Waals surface area contributed by atoms with Gasteiger partial charge in [0.2, 0.25) is 0 Å². The van der Waals surface area contributed by atoms with E-state index in [0.717, 1.165) is 27.6 Å². The summed E-state index contributed by atoms with van der Waals surface area (Å²) >= 11 is 9.66. The Labute approximate surface area is 136 Å². The molecule has 21 heavy (non-hydrogen) atoms. The Morgan fingerprint density at radius 3 is 2.86 bits per heavy atom. The normalized spacial score (nSPS) is 15.3. The van der Waals surface area contributed by atoms with Gasteiger partial charge in [-0.1, -0.05) is 39.7 Å². The number of fused-ring (bicyclic) bond motifs is 1. The molecule has 0 bridgehead atoms. The maximum Gasteiger partial charge on any atom is 0.251 e. The van der Waals surface area contributed by atoms with Crippen LogP contribution in [0.4, 0.5) is 0 Å². The van der Waals surface area contributed by atoms with Crippen molar-refractivity contribution in [3.05, 3.63) is 68.1 Å². The number of nitrogens with one attached hydrogen (secondary N) is 1. The monoisotopic (exact) mass is 364 g/mol. The van der Waals surface area contributed by atoms with Crippen molar-refractivity contribution < 1.29 is 4.79 Å². The van der Waals surface area contributed by atoms with Gasteiger partial charge in [0.25, 0.3) is 5.91 Å². The van der Waals surface area contributed by atoms with E-state index >= 15 is 0 Å². The maximum atomic E-state index is 11.9. The van der Waals surface area contributed by atoms with E-state index in [1.807, 2.05) is 36.4 Å². The number of halogens is 2. The molecule has 0 spiro atoms. The second kappa shape index (κ2) is 5.79. The Morgan fingerprint density at radius 2 is 2.05 bits per heavy atom. The minimum absolute atomic E-state index is 0.0364. The predicted molar refractivity (Wildman–Crippen MR) is 87.7 cm³/mol. The van der Waals surface area contributed by atoms with Gasteiger partial charge in [0.1, 0.15) is 0 Å². The summed E-state index contributed by atoms with van der Waals surface area (Å²) in [5.41, 5.74) is 9.82. The van der Waals surface area contributed by atoms with Gasteiger partial charge in [-0.15, -0.1) is 0 Å². The first-order chi connectivity index (χ1) is 10.1. The molecular weight excluding hydrogens is 352 g/mol. The van der Waals surface area contributed by atoms with Crippen LogP contribution in [0.3, 0.4) is 0 Å². The van der Waals surface area contributed by atoms with Crippen LogP contribution in [0.25, 0.3) is 0 Å². The molecular formula is C16H14BrClN2O. The standard InChI is InChI=1S/C16H14BrClN2O/c17-11-3-4-14(18)13(8-11)15(19)10-2-1-9-5-6-20-16(21)12(9)7-10/h1-4,7-8,15H,5-6,19H2,(H,20,21). The van der Waals surface area contributed by atoms with Crippen LogP contribution < -0.4 is 11.1 Å². The van der Waals surface area contributed by atoms with Crippen LogP contribution in [0, 0.1) is 0 Å². The van der Waals surface area contributed by atoms with Crippen LogP contribution in [0.5, 0.6) is 0 Å². The van der Waals surface area contributed by atoms with Crippen LogP contribution in [-0.2, 0) is 6.42 Å². The molecule has 0 saturated carbocycles. The van der Waals surface area contributed by atoms with Crippen molar-refractivity contribution in [1.29, 1.82) is 0 Å². The van der Waals surface area contributed by atoms with Crippen molar-refractivity contribution in [2.24, 2.45) is 5.73 Å². The Hall–Kier alpha value is -1.36. The van der Waals surface area contributed by atoms with Crippen LogP contribution in [-0.4, -0.2) is 12.5 Å². The molecule has 0 aliphatic carbocycles. The van der Waals surface area contributed by atoms with Gasteiger partial charge in [0.05, 0.1) is 6.04 Å². The van der Waals surface area contributed by atoms with Crippen LogP contribution >= 0.6 is 27.5 Å². The number of amides is 1. The topological polar surface area (TPSA) is 55.1 Å². The SMILES string of the molecule is NC(c1ccc2c(c1)C(=O)NCC2)c1cc(Br)ccc1Cl. The highest BCUT2D eigenvalue weighted by Gasteiger charge is 2.20. The Bertz CT molecular complexity index is 717. The molecule has 3 nitrogen and oxygen atoms in total. The summed E-state index contributed by atoms with van der Waals surface area (Å²) in [5.74, 6) is -0.0364. The lowest BCUT2D eigenvalue weighted by Gasteiger charge is -2.20. The van der Waals surface area contributed by atoms with Gasteiger partial charge < -0.3 is 11.1 Å². The second-order valence-corrected chi connectivity index (χ2v) is 6.39. The highest BCUT2D eigenvalue weighted by molar-refractivity contribution is 9.10. The van der Waals surface area contributed by atoms with Crippen LogP contribution in [0.15, 0.2) is 40.9 Å². The van der Waals surface area contributed by atoms with E-state index in [1.54, 1.807) is 0 Å². The van der Waals surface area contributed by atoms with E-state index in [2.05, 4.69) is 21.2 Å². The Morgan fingerprint density at radius 1 is 1.24 bits per heavy atom. The zero-order valence-electron chi connectivity index (χ0n) is 11.2. The van der Waals surface area contributed by atoms with Crippen LogP contribution in [0.2, 0.25) is 5.02 Å². The molecule has 0 radical (unpaired) electrons. The number of rotatable bonds is 2. The van der Waals surface area contributed by atoms with Gasteiger partial charge >= 0.3 is 0 Å². The third-order valence-corrected chi connectivity index (χ3v) is 4.55. The summed E-state index contributed by atoms with van der Waals surface area (Å²) in [6.07, 6.45) is 0.855. The Balaban J connectivity index is 2.02. The molecule has 1 heterocycles. The molecule has 1 aliphatic heterocycles. The van der Waals surface area contributed by atoms with Crippen molar-refractivity contribution >= 4 is 33.4 Å². The minimum Gasteiger partial charge on any atom is -0.352 e. The van der Waals surface area contributed by atoms with E-state index < -0.39 is 0 Å². The molecule has 2 aromatic carbocycles. The summed E-state index contributed by atoms with van der Waals surface area (Å²) in [6, 6.07) is 11.0. The number of carbonyl (C=O) groups is 1. The molecule has 1 atom stereocenters. The number of carbonyl (C=O) groups excluding carboxylic acids is 1. The smallest absolute Gasteiger partial charge is 0.251 e. The van der Waals surface area contributed by atoms with Crippen molar-refractivity contribution in [3.63, 3.8) is 0 Å². The highest BCUT2D eigenvalue weighted by atomic mass is 79.9. The van der Waals surface area contributed by atoms with E-state index in [-0.39, 0.29) is 11.9 Å². The summed E-state index contributed by atoms with van der Waals surface area (Å²) in [7, 11) is 0. The largest absolute Gasteiger partial charge is 0.352 e. The third-order valence-electron chi connectivity index (χ3n) is 3.71. The van der Waals surface area contributed by atoms with Crippen molar-refractivity contribution in [2.75, 3.05) is 6.54 Å². The zero-order chi connectivity index (χ0) is 15.0. The third kappa shape index (κ3) is 2.84. The lowest BCUT2D eigenvalue weighted by Crippen LogP contribution is -2.32. The number of hydrogen-bond acceptors (Lipinski definition) is 2. The van der Waals surface area contributed by atoms with Gasteiger partial charge in [-0.25, -0.2) is 0 Å². The van der Waals surface area contributed by atoms with Gasteiger partial charge in [0.15, 0.2) is 0 Å². The van der Waals surface area contributed by atoms with Gasteiger partial charge in [-0.05, 0) is 47.4 Å². The minimum atomic E-state index is -0.366. The molecule has 0 aromatic heterocycles. The molecule has 0 saturated heterocycles. The molecule has 1 aliphatic rings. The number of benzene rings is 2. The maximum absolute atomic E-state index is 11.9. The van der Waals surface area contributed by atoms with Crippen molar-refractivity contribution in [3.8, 4) is 0 Å². The van der Waals surface area contributed by atoms with Gasteiger partial charge in [-0.2, -0.15) is 0 Å². The predicted octanol–water partition coefficient (Wildman–Crippen LogP) is 3.44. The number of nitrogens with two attached hydrogens (primary N) is 1. The summed E-state index contributed by atoms with van der Waals surface area (Å²) < 4.78 is 0.924. The fourth-order valence-corrected chi connectivity index (χ4v) is 3.17. The molecule has 1 unspecified atom stereocenters. The quantitative estimate of drug-likeness (QED) is 0.856. The summed E-state index contributed by atoms with van der Waals surface area (Å²) in [4.78, 5) is 11.9. The van der Waals surface area contributed by atoms with E-state index in [1.165, 1.54) is 0 Å². The molecule has 3 rings (SSSR count). The molecule has 1 amide bonds. The van der Waals surface area contributed by atoms with E-state index in [9.17, 15) is 4.79 Å². The summed E-state index contributed by atoms with van der Waals surface area (Å²) in [5, 5.41) is 3.47. The van der Waals surface area contributed by atoms with Gasteiger partial charge in [0, 0.05) is 21.6 Å². The second-order valence-electron chi connectivity index (χ2n) is 5.07. The molecule has 108 valence electrons. The molecule has 3 N–H and O–H groups in total. The van der Waals surface area contributed by atoms with E-state index in [0.29, 0.717) is 17.1 Å². The molecule has 2 aromatic rings. The van der Waals surface area contributed by atoms with Crippen molar-refractivity contribution in [2.45, 2.75) is 12.5 Å². The lowest BCUT2D eigenvalue weighted by molar-refractivity contribution is 0.0946. The lowest BCUT2D eigenvalue weighted by atomic mass is 9.93. The first-order valence-corrected chi connectivity index (χ1v) is 7.85. The fraction of sp³-hybridized carbons (Fsp3) is 0.188. The average molecular weight is 366 g/mol. The first kappa shape index (κ1) is 14.6. The average Bonchev–Trinajstić information content (AvgIpc) is 2.49. The molecule has 0 fully saturated rings. The van der Waals surface area contributed by atoms with Gasteiger partial charge in [-0.3, -0.25) is 4.79 Å². The zero-order valence-corrected chi connectivity index (χ0v) is 13.5. The number of hydrogen-bond donors (Lipinski definition) is 2.